The number of carbonyl (C=O) groups is 1. The molecule has 4 nitrogen and oxygen atoms in total. The molecule has 0 aliphatic carbocycles. The number of rotatable bonds is 7. The second-order valence-electron chi connectivity index (χ2n) is 4.86. The highest BCUT2D eigenvalue weighted by Crippen LogP contribution is 2.17. The van der Waals surface area contributed by atoms with Crippen LogP contribution in [0.3, 0.4) is 0 Å². The molecule has 0 fully saturated rings. The highest BCUT2D eigenvalue weighted by atomic mass is 19.1. The maximum Gasteiger partial charge on any atom is 0.221 e. The molecule has 1 aromatic carbocycles. The van der Waals surface area contributed by atoms with Crippen molar-refractivity contribution in [1.29, 1.82) is 0 Å². The van der Waals surface area contributed by atoms with E-state index in [1.807, 2.05) is 13.8 Å². The summed E-state index contributed by atoms with van der Waals surface area (Å²) in [5.41, 5.74) is -0.0934. The number of hydrogen-bond acceptors (Lipinski definition) is 3. The highest BCUT2D eigenvalue weighted by molar-refractivity contribution is 5.76. The number of halogens is 2. The summed E-state index contributed by atoms with van der Waals surface area (Å²) < 4.78 is 26.4. The molecular weight excluding hydrogens is 266 g/mol. The average molecular weight is 286 g/mol. The van der Waals surface area contributed by atoms with Gasteiger partial charge in [-0.3, -0.25) is 4.79 Å². The number of aliphatic hydroxyl groups is 1. The van der Waals surface area contributed by atoms with Gasteiger partial charge >= 0.3 is 0 Å². The predicted molar refractivity (Wildman–Crippen MR) is 72.1 cm³/mol. The molecule has 1 atom stereocenters. The van der Waals surface area contributed by atoms with Gasteiger partial charge in [0.1, 0.15) is 11.6 Å². The number of benzene rings is 1. The number of aliphatic hydroxyl groups excluding tert-OH is 1. The van der Waals surface area contributed by atoms with Gasteiger partial charge in [-0.2, -0.15) is 0 Å². The molecule has 0 bridgehead atoms. The van der Waals surface area contributed by atoms with Crippen LogP contribution in [0, 0.1) is 11.6 Å². The van der Waals surface area contributed by atoms with Crippen LogP contribution >= 0.6 is 0 Å². The van der Waals surface area contributed by atoms with E-state index in [2.05, 4.69) is 10.6 Å². The van der Waals surface area contributed by atoms with Crippen molar-refractivity contribution in [1.82, 2.24) is 10.6 Å². The SMILES string of the molecule is CC(C)NC(=O)CCNCC(O)c1cc(F)ccc1F. The Hall–Kier alpha value is -1.53. The topological polar surface area (TPSA) is 61.4 Å². The highest BCUT2D eigenvalue weighted by Gasteiger charge is 2.13. The molecule has 6 heteroatoms. The molecule has 0 saturated carbocycles. The van der Waals surface area contributed by atoms with Crippen LogP contribution in [0.1, 0.15) is 31.9 Å². The monoisotopic (exact) mass is 286 g/mol. The minimum Gasteiger partial charge on any atom is -0.387 e. The molecule has 0 aliphatic rings. The first kappa shape index (κ1) is 16.5. The summed E-state index contributed by atoms with van der Waals surface area (Å²) in [7, 11) is 0. The normalized spacial score (nSPS) is 12.5. The third-order valence-electron chi connectivity index (χ3n) is 2.63. The van der Waals surface area contributed by atoms with Gasteiger partial charge in [0.05, 0.1) is 6.10 Å². The number of carbonyl (C=O) groups excluding carboxylic acids is 1. The van der Waals surface area contributed by atoms with Crippen molar-refractivity contribution in [2.75, 3.05) is 13.1 Å². The maximum absolute atomic E-state index is 13.4. The van der Waals surface area contributed by atoms with Crippen molar-refractivity contribution < 1.29 is 18.7 Å². The molecule has 0 aliphatic heterocycles. The van der Waals surface area contributed by atoms with Crippen LogP contribution in [0.25, 0.3) is 0 Å². The molecule has 1 amide bonds. The van der Waals surface area contributed by atoms with Gasteiger partial charge in [0.2, 0.25) is 5.91 Å². The predicted octanol–water partition coefficient (Wildman–Crippen LogP) is 1.50. The van der Waals surface area contributed by atoms with Gasteiger partial charge in [0.25, 0.3) is 0 Å². The Morgan fingerprint density at radius 2 is 2.05 bits per heavy atom. The Labute approximate surface area is 117 Å². The largest absolute Gasteiger partial charge is 0.387 e. The van der Waals surface area contributed by atoms with Gasteiger partial charge in [-0.25, -0.2) is 8.78 Å². The standard InChI is InChI=1S/C14H20F2N2O2/c1-9(2)18-14(20)5-6-17-8-13(19)11-7-10(15)3-4-12(11)16/h3-4,7,9,13,17,19H,5-6,8H2,1-2H3,(H,18,20). The second-order valence-corrected chi connectivity index (χ2v) is 4.86. The summed E-state index contributed by atoms with van der Waals surface area (Å²) in [6.45, 7) is 4.13. The van der Waals surface area contributed by atoms with Crippen molar-refractivity contribution in [3.63, 3.8) is 0 Å². The summed E-state index contributed by atoms with van der Waals surface area (Å²) in [4.78, 5) is 11.3. The lowest BCUT2D eigenvalue weighted by atomic mass is 10.1. The molecule has 0 heterocycles. The number of amides is 1. The Bertz CT molecular complexity index is 453. The third-order valence-corrected chi connectivity index (χ3v) is 2.63. The van der Waals surface area contributed by atoms with Crippen molar-refractivity contribution >= 4 is 5.91 Å². The zero-order valence-corrected chi connectivity index (χ0v) is 11.6. The van der Waals surface area contributed by atoms with Gasteiger partial charge in [-0.05, 0) is 32.0 Å². The van der Waals surface area contributed by atoms with Crippen LogP contribution in [0.5, 0.6) is 0 Å². The molecule has 0 saturated heterocycles. The lowest BCUT2D eigenvalue weighted by Crippen LogP contribution is -2.33. The fourth-order valence-electron chi connectivity index (χ4n) is 1.71. The van der Waals surface area contributed by atoms with Crippen molar-refractivity contribution in [2.45, 2.75) is 32.4 Å². The van der Waals surface area contributed by atoms with E-state index >= 15 is 0 Å². The lowest BCUT2D eigenvalue weighted by molar-refractivity contribution is -0.121. The molecule has 1 aromatic rings. The molecule has 0 radical (unpaired) electrons. The number of nitrogens with one attached hydrogen (secondary N) is 2. The minimum atomic E-state index is -1.15. The maximum atomic E-state index is 13.4. The summed E-state index contributed by atoms with van der Waals surface area (Å²) in [5.74, 6) is -1.35. The molecular formula is C14H20F2N2O2. The third kappa shape index (κ3) is 5.63. The summed E-state index contributed by atoms with van der Waals surface area (Å²) in [6, 6.07) is 3.02. The minimum absolute atomic E-state index is 0.0509. The summed E-state index contributed by atoms with van der Waals surface area (Å²) in [6.07, 6.45) is -0.893. The van der Waals surface area contributed by atoms with Crippen molar-refractivity contribution in [2.24, 2.45) is 0 Å². The fourth-order valence-corrected chi connectivity index (χ4v) is 1.71. The van der Waals surface area contributed by atoms with Gasteiger partial charge < -0.3 is 15.7 Å². The zero-order chi connectivity index (χ0) is 15.1. The van der Waals surface area contributed by atoms with Crippen molar-refractivity contribution in [3.05, 3.63) is 35.4 Å². The van der Waals surface area contributed by atoms with Gasteiger partial charge in [-0.15, -0.1) is 0 Å². The lowest BCUT2D eigenvalue weighted by Gasteiger charge is -2.13. The Balaban J connectivity index is 2.35. The van der Waals surface area contributed by atoms with Gasteiger partial charge in [-0.1, -0.05) is 0 Å². The van der Waals surface area contributed by atoms with E-state index in [1.165, 1.54) is 0 Å². The molecule has 1 rings (SSSR count). The first-order valence-electron chi connectivity index (χ1n) is 6.53. The molecule has 0 spiro atoms. The van der Waals surface area contributed by atoms with Gasteiger partial charge in [0.15, 0.2) is 0 Å². The first-order valence-corrected chi connectivity index (χ1v) is 6.53. The van der Waals surface area contributed by atoms with Gasteiger partial charge in [0, 0.05) is 31.1 Å². The Morgan fingerprint density at radius 1 is 1.35 bits per heavy atom. The van der Waals surface area contributed by atoms with E-state index in [1.54, 1.807) is 0 Å². The van der Waals surface area contributed by atoms with E-state index in [-0.39, 0.29) is 30.5 Å². The quantitative estimate of drug-likeness (QED) is 0.666. The molecule has 1 unspecified atom stereocenters. The van der Waals surface area contributed by atoms with Crippen LogP contribution in [0.15, 0.2) is 18.2 Å². The van der Waals surface area contributed by atoms with Crippen molar-refractivity contribution in [3.8, 4) is 0 Å². The van der Waals surface area contributed by atoms with E-state index in [9.17, 15) is 18.7 Å². The van der Waals surface area contributed by atoms with E-state index in [0.717, 1.165) is 18.2 Å². The average Bonchev–Trinajstić information content (AvgIpc) is 2.36. The number of hydrogen-bond donors (Lipinski definition) is 3. The van der Waals surface area contributed by atoms with Crippen LogP contribution in [0.2, 0.25) is 0 Å². The molecule has 112 valence electrons. The molecule has 20 heavy (non-hydrogen) atoms. The van der Waals surface area contributed by atoms with Crippen LogP contribution in [-0.4, -0.2) is 30.1 Å². The van der Waals surface area contributed by atoms with E-state index in [4.69, 9.17) is 0 Å². The van der Waals surface area contributed by atoms with Crippen LogP contribution in [0.4, 0.5) is 8.78 Å². The summed E-state index contributed by atoms with van der Waals surface area (Å²) >= 11 is 0. The zero-order valence-electron chi connectivity index (χ0n) is 11.6. The second kappa shape index (κ2) is 7.91. The smallest absolute Gasteiger partial charge is 0.221 e. The molecule has 0 aromatic heterocycles. The van der Waals surface area contributed by atoms with E-state index < -0.39 is 17.7 Å². The first-order chi connectivity index (χ1) is 9.40. The van der Waals surface area contributed by atoms with E-state index in [0.29, 0.717) is 6.54 Å². The Kier molecular flexibility index (Phi) is 6.54. The van der Waals surface area contributed by atoms with Crippen LogP contribution in [-0.2, 0) is 4.79 Å². The summed E-state index contributed by atoms with van der Waals surface area (Å²) in [5, 5.41) is 15.3. The molecule has 3 N–H and O–H groups in total. The van der Waals surface area contributed by atoms with Crippen LogP contribution < -0.4 is 10.6 Å². The fraction of sp³-hybridized carbons (Fsp3) is 0.500. The Morgan fingerprint density at radius 3 is 2.70 bits per heavy atom.